The first kappa shape index (κ1) is 17.0. The van der Waals surface area contributed by atoms with Gasteiger partial charge < -0.3 is 10.1 Å². The highest BCUT2D eigenvalue weighted by molar-refractivity contribution is 7.12. The first-order chi connectivity index (χ1) is 10.4. The highest BCUT2D eigenvalue weighted by atomic mass is 32.1. The predicted octanol–water partition coefficient (Wildman–Crippen LogP) is 4.45. The molecule has 0 spiro atoms. The lowest BCUT2D eigenvalue weighted by Gasteiger charge is -2.19. The molecule has 0 unspecified atom stereocenters. The van der Waals surface area contributed by atoms with E-state index in [1.165, 1.54) is 9.88 Å². The Bertz CT molecular complexity index is 597. The molecule has 1 heterocycles. The van der Waals surface area contributed by atoms with E-state index in [9.17, 15) is 0 Å². The van der Waals surface area contributed by atoms with Crippen LogP contribution in [-0.4, -0.2) is 23.7 Å². The minimum atomic E-state index is 0.157. The van der Waals surface area contributed by atoms with Gasteiger partial charge >= 0.3 is 0 Å². The van der Waals surface area contributed by atoms with Gasteiger partial charge in [-0.3, -0.25) is 0 Å². The Hall–Kier alpha value is -1.39. The van der Waals surface area contributed by atoms with Crippen molar-refractivity contribution in [3.8, 4) is 17.0 Å². The van der Waals surface area contributed by atoms with Crippen LogP contribution in [-0.2, 0) is 6.42 Å². The summed E-state index contributed by atoms with van der Waals surface area (Å²) in [4.78, 5) is 6.09. The van der Waals surface area contributed by atoms with Crippen LogP contribution in [0.2, 0.25) is 0 Å². The Morgan fingerprint density at radius 2 is 1.86 bits per heavy atom. The van der Waals surface area contributed by atoms with Crippen LogP contribution in [0.25, 0.3) is 11.3 Å². The molecule has 2 aromatic rings. The maximum atomic E-state index is 5.49. The summed E-state index contributed by atoms with van der Waals surface area (Å²) in [6.45, 7) is 12.3. The molecule has 2 rings (SSSR count). The van der Waals surface area contributed by atoms with E-state index in [0.29, 0.717) is 6.61 Å². The van der Waals surface area contributed by atoms with E-state index in [2.05, 4.69) is 45.1 Å². The molecule has 0 radical (unpaired) electrons. The quantitative estimate of drug-likeness (QED) is 0.854. The van der Waals surface area contributed by atoms with Gasteiger partial charge in [0.05, 0.1) is 17.3 Å². The Labute approximate surface area is 137 Å². The molecule has 4 heteroatoms. The van der Waals surface area contributed by atoms with Crippen LogP contribution >= 0.6 is 11.3 Å². The van der Waals surface area contributed by atoms with Crippen molar-refractivity contribution in [1.82, 2.24) is 10.3 Å². The summed E-state index contributed by atoms with van der Waals surface area (Å²) in [5.41, 5.74) is 2.41. The molecule has 0 bridgehead atoms. The summed E-state index contributed by atoms with van der Waals surface area (Å²) in [7, 11) is 0. The normalized spacial score (nSPS) is 11.7. The van der Waals surface area contributed by atoms with Crippen LogP contribution in [0.4, 0.5) is 0 Å². The summed E-state index contributed by atoms with van der Waals surface area (Å²) in [5, 5.41) is 4.70. The van der Waals surface area contributed by atoms with E-state index >= 15 is 0 Å². The van der Waals surface area contributed by atoms with Gasteiger partial charge in [0.15, 0.2) is 0 Å². The van der Waals surface area contributed by atoms with E-state index in [4.69, 9.17) is 9.72 Å². The van der Waals surface area contributed by atoms with Crippen molar-refractivity contribution in [3.05, 3.63) is 34.2 Å². The van der Waals surface area contributed by atoms with Crippen molar-refractivity contribution in [3.63, 3.8) is 0 Å². The van der Waals surface area contributed by atoms with E-state index in [-0.39, 0.29) is 5.54 Å². The molecular formula is C18H26N2OS. The smallest absolute Gasteiger partial charge is 0.119 e. The SMILES string of the molecule is CCOc1ccc(-c2nc(CCNC(C)(C)C)sc2C)cc1. The summed E-state index contributed by atoms with van der Waals surface area (Å²) in [5.74, 6) is 0.911. The third kappa shape index (κ3) is 4.82. The lowest BCUT2D eigenvalue weighted by molar-refractivity contribution is 0.340. The molecule has 0 saturated heterocycles. The van der Waals surface area contributed by atoms with Gasteiger partial charge in [0, 0.05) is 28.9 Å². The van der Waals surface area contributed by atoms with Gasteiger partial charge in [-0.05, 0) is 58.9 Å². The molecular weight excluding hydrogens is 292 g/mol. The van der Waals surface area contributed by atoms with Crippen LogP contribution in [0.15, 0.2) is 24.3 Å². The molecule has 22 heavy (non-hydrogen) atoms. The highest BCUT2D eigenvalue weighted by Gasteiger charge is 2.12. The maximum absolute atomic E-state index is 5.49. The van der Waals surface area contributed by atoms with Gasteiger partial charge in [0.2, 0.25) is 0 Å². The molecule has 0 aliphatic carbocycles. The van der Waals surface area contributed by atoms with E-state index < -0.39 is 0 Å². The van der Waals surface area contributed by atoms with Crippen LogP contribution in [0.1, 0.15) is 37.6 Å². The number of nitrogens with one attached hydrogen (secondary N) is 1. The fourth-order valence-electron chi connectivity index (χ4n) is 2.25. The minimum Gasteiger partial charge on any atom is -0.494 e. The largest absolute Gasteiger partial charge is 0.494 e. The molecule has 120 valence electrons. The van der Waals surface area contributed by atoms with Crippen molar-refractivity contribution < 1.29 is 4.74 Å². The number of aryl methyl sites for hydroxylation is 1. The zero-order valence-electron chi connectivity index (χ0n) is 14.2. The predicted molar refractivity (Wildman–Crippen MR) is 94.9 cm³/mol. The number of ether oxygens (including phenoxy) is 1. The average molecular weight is 318 g/mol. The Morgan fingerprint density at radius 1 is 1.18 bits per heavy atom. The number of hydrogen-bond donors (Lipinski definition) is 1. The zero-order chi connectivity index (χ0) is 16.2. The molecule has 0 aliphatic rings. The van der Waals surface area contributed by atoms with Gasteiger partial charge in [0.1, 0.15) is 5.75 Å². The monoisotopic (exact) mass is 318 g/mol. The fourth-order valence-corrected chi connectivity index (χ4v) is 3.20. The molecule has 3 nitrogen and oxygen atoms in total. The number of nitrogens with zero attached hydrogens (tertiary/aromatic N) is 1. The lowest BCUT2D eigenvalue weighted by atomic mass is 10.1. The number of thiazole rings is 1. The molecule has 0 aliphatic heterocycles. The second-order valence-corrected chi connectivity index (χ2v) is 7.68. The van der Waals surface area contributed by atoms with Gasteiger partial charge in [-0.1, -0.05) is 0 Å². The molecule has 1 aromatic carbocycles. The van der Waals surface area contributed by atoms with Crippen molar-refractivity contribution in [2.45, 2.75) is 46.6 Å². The van der Waals surface area contributed by atoms with Crippen molar-refractivity contribution >= 4 is 11.3 Å². The molecule has 0 saturated carbocycles. The topological polar surface area (TPSA) is 34.1 Å². The van der Waals surface area contributed by atoms with Gasteiger partial charge in [0.25, 0.3) is 0 Å². The molecule has 1 aromatic heterocycles. The third-order valence-electron chi connectivity index (χ3n) is 3.27. The Morgan fingerprint density at radius 3 is 2.45 bits per heavy atom. The second kappa shape index (κ2) is 7.25. The number of benzene rings is 1. The second-order valence-electron chi connectivity index (χ2n) is 6.40. The summed E-state index contributed by atoms with van der Waals surface area (Å²) in [6.07, 6.45) is 0.972. The average Bonchev–Trinajstić information content (AvgIpc) is 2.80. The molecule has 1 N–H and O–H groups in total. The van der Waals surface area contributed by atoms with E-state index in [1.54, 1.807) is 11.3 Å². The third-order valence-corrected chi connectivity index (χ3v) is 4.30. The van der Waals surface area contributed by atoms with Crippen LogP contribution in [0.5, 0.6) is 5.75 Å². The molecule has 0 atom stereocenters. The Balaban J connectivity index is 2.05. The van der Waals surface area contributed by atoms with Gasteiger partial charge in [-0.2, -0.15) is 0 Å². The van der Waals surface area contributed by atoms with E-state index in [0.717, 1.165) is 30.0 Å². The minimum absolute atomic E-state index is 0.157. The first-order valence-electron chi connectivity index (χ1n) is 7.83. The van der Waals surface area contributed by atoms with Crippen molar-refractivity contribution in [1.29, 1.82) is 0 Å². The zero-order valence-corrected chi connectivity index (χ0v) is 15.0. The Kier molecular flexibility index (Phi) is 5.59. The molecule has 0 fully saturated rings. The summed E-state index contributed by atoms with van der Waals surface area (Å²) >= 11 is 1.79. The summed E-state index contributed by atoms with van der Waals surface area (Å²) < 4.78 is 5.49. The van der Waals surface area contributed by atoms with Crippen LogP contribution < -0.4 is 10.1 Å². The van der Waals surface area contributed by atoms with Crippen molar-refractivity contribution in [2.24, 2.45) is 0 Å². The van der Waals surface area contributed by atoms with Gasteiger partial charge in [-0.15, -0.1) is 11.3 Å². The summed E-state index contributed by atoms with van der Waals surface area (Å²) in [6, 6.07) is 8.20. The number of rotatable bonds is 6. The van der Waals surface area contributed by atoms with Crippen molar-refractivity contribution in [2.75, 3.05) is 13.2 Å². The maximum Gasteiger partial charge on any atom is 0.119 e. The van der Waals surface area contributed by atoms with Crippen LogP contribution in [0.3, 0.4) is 0 Å². The van der Waals surface area contributed by atoms with E-state index in [1.807, 2.05) is 19.1 Å². The first-order valence-corrected chi connectivity index (χ1v) is 8.65. The standard InChI is InChI=1S/C18H26N2OS/c1-6-21-15-9-7-14(8-10-15)17-13(2)22-16(20-17)11-12-19-18(3,4)5/h7-10,19H,6,11-12H2,1-5H3. The van der Waals surface area contributed by atoms with Crippen LogP contribution in [0, 0.1) is 6.92 Å². The number of aromatic nitrogens is 1. The lowest BCUT2D eigenvalue weighted by Crippen LogP contribution is -2.37. The fraction of sp³-hybridized carbons (Fsp3) is 0.500. The molecule has 0 amide bonds. The highest BCUT2D eigenvalue weighted by Crippen LogP contribution is 2.29. The van der Waals surface area contributed by atoms with Gasteiger partial charge in [-0.25, -0.2) is 4.98 Å². The number of hydrogen-bond acceptors (Lipinski definition) is 4.